The van der Waals surface area contributed by atoms with Gasteiger partial charge in [0, 0.05) is 6.54 Å². The second-order valence-corrected chi connectivity index (χ2v) is 4.86. The van der Waals surface area contributed by atoms with Crippen LogP contribution in [0.1, 0.15) is 50.7 Å². The molecule has 1 N–H and O–H groups in total. The van der Waals surface area contributed by atoms with Crippen molar-refractivity contribution in [1.82, 2.24) is 5.32 Å². The molecule has 1 rings (SSSR count). The Balaban J connectivity index is 2.33. The lowest BCUT2D eigenvalue weighted by Gasteiger charge is -2.15. The summed E-state index contributed by atoms with van der Waals surface area (Å²) in [5.41, 5.74) is 1.94. The average molecular weight is 244 g/mol. The molecule has 0 aliphatic heterocycles. The van der Waals surface area contributed by atoms with Crippen LogP contribution in [-0.4, -0.2) is 6.54 Å². The third-order valence-electron chi connectivity index (χ3n) is 3.36. The molecule has 1 unspecified atom stereocenters. The fraction of sp³-hybridized carbons (Fsp3) is 0.562. The lowest BCUT2D eigenvalue weighted by atomic mass is 9.99. The fourth-order valence-corrected chi connectivity index (χ4v) is 2.11. The molecule has 1 atom stereocenters. The zero-order valence-electron chi connectivity index (χ0n) is 11.6. The van der Waals surface area contributed by atoms with Gasteiger partial charge in [0.2, 0.25) is 0 Å². The number of nitrogens with one attached hydrogen (secondary N) is 1. The van der Waals surface area contributed by atoms with Gasteiger partial charge in [0.15, 0.2) is 0 Å². The van der Waals surface area contributed by atoms with Crippen LogP contribution in [0.4, 0.5) is 0 Å². The van der Waals surface area contributed by atoms with Crippen LogP contribution in [0.15, 0.2) is 24.3 Å². The van der Waals surface area contributed by atoms with Gasteiger partial charge in [-0.3, -0.25) is 0 Å². The lowest BCUT2D eigenvalue weighted by molar-refractivity contribution is 0.419. The third-order valence-corrected chi connectivity index (χ3v) is 3.36. The number of benzene rings is 1. The highest BCUT2D eigenvalue weighted by molar-refractivity contribution is 5.32. The smallest absolute Gasteiger partial charge is 0.0991 e. The van der Waals surface area contributed by atoms with Crippen molar-refractivity contribution in [2.75, 3.05) is 6.54 Å². The molecule has 18 heavy (non-hydrogen) atoms. The van der Waals surface area contributed by atoms with E-state index in [9.17, 15) is 0 Å². The molecule has 0 saturated heterocycles. The lowest BCUT2D eigenvalue weighted by Crippen LogP contribution is -2.22. The second-order valence-electron chi connectivity index (χ2n) is 4.86. The summed E-state index contributed by atoms with van der Waals surface area (Å²) in [6, 6.07) is 10.0. The minimum Gasteiger partial charge on any atom is -0.312 e. The largest absolute Gasteiger partial charge is 0.312 e. The zero-order chi connectivity index (χ0) is 13.2. The Labute approximate surface area is 111 Å². The molecule has 0 radical (unpaired) electrons. The van der Waals surface area contributed by atoms with Gasteiger partial charge in [0.25, 0.3) is 0 Å². The number of unbranched alkanes of at least 4 members (excludes halogenated alkanes) is 1. The molecule has 0 aromatic heterocycles. The SMILES string of the molecule is CCCCC(CC)CNCc1cccc(C#N)c1. The Morgan fingerprint density at radius 2 is 2.17 bits per heavy atom. The number of hydrogen-bond acceptors (Lipinski definition) is 2. The van der Waals surface area contributed by atoms with E-state index < -0.39 is 0 Å². The molecule has 2 nitrogen and oxygen atoms in total. The predicted molar refractivity (Wildman–Crippen MR) is 76.2 cm³/mol. The van der Waals surface area contributed by atoms with Crippen LogP contribution in [0.25, 0.3) is 0 Å². The van der Waals surface area contributed by atoms with Gasteiger partial charge in [-0.25, -0.2) is 0 Å². The van der Waals surface area contributed by atoms with Crippen molar-refractivity contribution < 1.29 is 0 Å². The van der Waals surface area contributed by atoms with Crippen LogP contribution in [0.2, 0.25) is 0 Å². The first-order chi connectivity index (χ1) is 8.80. The van der Waals surface area contributed by atoms with Crippen molar-refractivity contribution in [3.8, 4) is 6.07 Å². The molecule has 0 fully saturated rings. The van der Waals surface area contributed by atoms with E-state index in [2.05, 4.69) is 31.3 Å². The number of hydrogen-bond donors (Lipinski definition) is 1. The molecule has 0 bridgehead atoms. The number of rotatable bonds is 8. The molecule has 0 heterocycles. The van der Waals surface area contributed by atoms with Crippen molar-refractivity contribution >= 4 is 0 Å². The summed E-state index contributed by atoms with van der Waals surface area (Å²) in [4.78, 5) is 0. The second kappa shape index (κ2) is 8.72. The van der Waals surface area contributed by atoms with Crippen molar-refractivity contribution in [2.45, 2.75) is 46.1 Å². The quantitative estimate of drug-likeness (QED) is 0.753. The van der Waals surface area contributed by atoms with Gasteiger partial charge in [-0.2, -0.15) is 5.26 Å². The summed E-state index contributed by atoms with van der Waals surface area (Å²) in [5.74, 6) is 0.782. The monoisotopic (exact) mass is 244 g/mol. The van der Waals surface area contributed by atoms with E-state index in [0.717, 1.165) is 24.6 Å². The number of nitrogens with zero attached hydrogens (tertiary/aromatic N) is 1. The topological polar surface area (TPSA) is 35.8 Å². The maximum absolute atomic E-state index is 8.84. The fourth-order valence-electron chi connectivity index (χ4n) is 2.11. The van der Waals surface area contributed by atoms with Crippen molar-refractivity contribution in [3.63, 3.8) is 0 Å². The summed E-state index contributed by atoms with van der Waals surface area (Å²) in [6.45, 7) is 6.44. The molecular formula is C16H24N2. The van der Waals surface area contributed by atoms with Crippen molar-refractivity contribution in [2.24, 2.45) is 5.92 Å². The molecule has 1 aromatic rings. The first-order valence-corrected chi connectivity index (χ1v) is 6.99. The Bertz CT molecular complexity index is 379. The minimum atomic E-state index is 0.743. The first kappa shape index (κ1) is 14.7. The third kappa shape index (κ3) is 5.33. The molecular weight excluding hydrogens is 220 g/mol. The highest BCUT2D eigenvalue weighted by Crippen LogP contribution is 2.11. The van der Waals surface area contributed by atoms with Gasteiger partial charge in [-0.1, -0.05) is 45.2 Å². The zero-order valence-corrected chi connectivity index (χ0v) is 11.6. The van der Waals surface area contributed by atoms with E-state index in [1.807, 2.05) is 18.2 Å². The Kier molecular flexibility index (Phi) is 7.13. The van der Waals surface area contributed by atoms with Gasteiger partial charge < -0.3 is 5.32 Å². The maximum atomic E-state index is 8.84. The first-order valence-electron chi connectivity index (χ1n) is 6.99. The maximum Gasteiger partial charge on any atom is 0.0991 e. The molecule has 0 saturated carbocycles. The highest BCUT2D eigenvalue weighted by Gasteiger charge is 2.05. The van der Waals surface area contributed by atoms with Gasteiger partial charge in [0.1, 0.15) is 0 Å². The summed E-state index contributed by atoms with van der Waals surface area (Å²) in [5, 5.41) is 12.3. The van der Waals surface area contributed by atoms with Crippen LogP contribution in [0.5, 0.6) is 0 Å². The summed E-state index contributed by atoms with van der Waals surface area (Å²) in [7, 11) is 0. The minimum absolute atomic E-state index is 0.743. The molecule has 2 heteroatoms. The number of nitriles is 1. The van der Waals surface area contributed by atoms with Gasteiger partial charge in [-0.05, 0) is 36.6 Å². The molecule has 1 aromatic carbocycles. The van der Waals surface area contributed by atoms with E-state index >= 15 is 0 Å². The Morgan fingerprint density at radius 3 is 2.83 bits per heavy atom. The van der Waals surface area contributed by atoms with Gasteiger partial charge >= 0.3 is 0 Å². The van der Waals surface area contributed by atoms with Crippen LogP contribution >= 0.6 is 0 Å². The molecule has 0 spiro atoms. The molecule has 0 aliphatic rings. The summed E-state index contributed by atoms with van der Waals surface area (Å²) < 4.78 is 0. The van der Waals surface area contributed by atoms with E-state index in [1.165, 1.54) is 31.2 Å². The summed E-state index contributed by atoms with van der Waals surface area (Å²) >= 11 is 0. The Hall–Kier alpha value is -1.33. The van der Waals surface area contributed by atoms with Gasteiger partial charge in [-0.15, -0.1) is 0 Å². The van der Waals surface area contributed by atoms with Crippen LogP contribution in [0, 0.1) is 17.2 Å². The van der Waals surface area contributed by atoms with Gasteiger partial charge in [0.05, 0.1) is 11.6 Å². The normalized spacial score (nSPS) is 12.1. The molecule has 98 valence electrons. The molecule has 0 amide bonds. The van der Waals surface area contributed by atoms with Crippen molar-refractivity contribution in [1.29, 1.82) is 5.26 Å². The highest BCUT2D eigenvalue weighted by atomic mass is 14.9. The van der Waals surface area contributed by atoms with Crippen LogP contribution in [-0.2, 0) is 6.54 Å². The Morgan fingerprint density at radius 1 is 1.33 bits per heavy atom. The average Bonchev–Trinajstić information content (AvgIpc) is 2.43. The van der Waals surface area contributed by atoms with Crippen LogP contribution in [0.3, 0.4) is 0 Å². The van der Waals surface area contributed by atoms with Crippen molar-refractivity contribution in [3.05, 3.63) is 35.4 Å². The predicted octanol–water partition coefficient (Wildman–Crippen LogP) is 3.86. The van der Waals surface area contributed by atoms with Crippen LogP contribution < -0.4 is 5.32 Å². The van der Waals surface area contributed by atoms with E-state index in [-0.39, 0.29) is 0 Å². The van der Waals surface area contributed by atoms with E-state index in [0.29, 0.717) is 0 Å². The summed E-state index contributed by atoms with van der Waals surface area (Å²) in [6.07, 6.45) is 5.16. The molecule has 0 aliphatic carbocycles. The van der Waals surface area contributed by atoms with E-state index in [1.54, 1.807) is 0 Å². The standard InChI is InChI=1S/C16H24N2/c1-3-5-7-14(4-2)12-18-13-16-9-6-8-15(10-16)11-17/h6,8-10,14,18H,3-5,7,12-13H2,1-2H3. The van der Waals surface area contributed by atoms with E-state index in [4.69, 9.17) is 5.26 Å².